The van der Waals surface area contributed by atoms with Crippen molar-refractivity contribution < 1.29 is 4.74 Å². The third-order valence-corrected chi connectivity index (χ3v) is 3.99. The molecule has 0 atom stereocenters. The fraction of sp³-hybridized carbons (Fsp3) is 0.412. The molecule has 108 valence electrons. The molecule has 0 amide bonds. The van der Waals surface area contributed by atoms with E-state index in [-0.39, 0.29) is 0 Å². The van der Waals surface area contributed by atoms with E-state index < -0.39 is 0 Å². The second-order valence-electron chi connectivity index (χ2n) is 4.81. The van der Waals surface area contributed by atoms with Gasteiger partial charge in [0.1, 0.15) is 0 Å². The van der Waals surface area contributed by atoms with Crippen molar-refractivity contribution >= 4 is 11.3 Å². The molecule has 1 aromatic heterocycles. The number of thiophene rings is 1. The first-order valence-corrected chi connectivity index (χ1v) is 8.19. The van der Waals surface area contributed by atoms with Gasteiger partial charge in [-0.25, -0.2) is 0 Å². The number of rotatable bonds is 9. The zero-order valence-corrected chi connectivity index (χ0v) is 12.9. The van der Waals surface area contributed by atoms with E-state index in [1.54, 1.807) is 0 Å². The van der Waals surface area contributed by atoms with Crippen molar-refractivity contribution in [1.29, 1.82) is 0 Å². The van der Waals surface area contributed by atoms with E-state index in [0.717, 1.165) is 39.1 Å². The van der Waals surface area contributed by atoms with Crippen LogP contribution in [-0.2, 0) is 11.3 Å². The highest BCUT2D eigenvalue weighted by atomic mass is 32.1. The Morgan fingerprint density at radius 3 is 2.75 bits per heavy atom. The Kier molecular flexibility index (Phi) is 6.78. The summed E-state index contributed by atoms with van der Waals surface area (Å²) >= 11 is 1.82. The zero-order valence-electron chi connectivity index (χ0n) is 12.1. The fourth-order valence-corrected chi connectivity index (χ4v) is 2.88. The number of hydrogen-bond donors (Lipinski definition) is 1. The lowest BCUT2D eigenvalue weighted by molar-refractivity contribution is 0.132. The molecular formula is C17H23NOS. The van der Waals surface area contributed by atoms with Crippen LogP contribution in [-0.4, -0.2) is 19.8 Å². The summed E-state index contributed by atoms with van der Waals surface area (Å²) in [5.41, 5.74) is 2.61. The molecular weight excluding hydrogens is 266 g/mol. The average Bonchev–Trinajstić information content (AvgIpc) is 2.96. The van der Waals surface area contributed by atoms with E-state index in [1.807, 2.05) is 11.3 Å². The quantitative estimate of drug-likeness (QED) is 0.694. The van der Waals surface area contributed by atoms with Crippen molar-refractivity contribution in [1.82, 2.24) is 5.32 Å². The second-order valence-corrected chi connectivity index (χ2v) is 5.81. The predicted octanol–water partition coefficient (Wildman–Crippen LogP) is 4.32. The summed E-state index contributed by atoms with van der Waals surface area (Å²) in [7, 11) is 0. The van der Waals surface area contributed by atoms with Gasteiger partial charge in [0.2, 0.25) is 0 Å². The molecule has 0 fully saturated rings. The molecule has 0 bridgehead atoms. The first-order valence-electron chi connectivity index (χ1n) is 7.31. The standard InChI is InChI=1S/C17H23NOS/c1-2-10-19-11-6-9-18-13-17-12-16(14-20-17)15-7-4-3-5-8-15/h3-5,7-8,12,14,18H,2,6,9-11,13H2,1H3. The summed E-state index contributed by atoms with van der Waals surface area (Å²) in [6, 6.07) is 12.8. The number of nitrogens with one attached hydrogen (secondary N) is 1. The Hall–Kier alpha value is -1.16. The minimum Gasteiger partial charge on any atom is -0.381 e. The minimum absolute atomic E-state index is 0.862. The monoisotopic (exact) mass is 289 g/mol. The van der Waals surface area contributed by atoms with Crippen molar-refractivity contribution in [2.75, 3.05) is 19.8 Å². The maximum atomic E-state index is 5.46. The molecule has 0 saturated carbocycles. The molecule has 0 spiro atoms. The van der Waals surface area contributed by atoms with Crippen molar-refractivity contribution in [3.05, 3.63) is 46.7 Å². The van der Waals surface area contributed by atoms with Gasteiger partial charge in [-0.2, -0.15) is 0 Å². The molecule has 20 heavy (non-hydrogen) atoms. The topological polar surface area (TPSA) is 21.3 Å². The molecule has 0 unspecified atom stereocenters. The van der Waals surface area contributed by atoms with E-state index in [1.165, 1.54) is 16.0 Å². The highest BCUT2D eigenvalue weighted by Gasteiger charge is 2.01. The Bertz CT molecular complexity index is 481. The van der Waals surface area contributed by atoms with Gasteiger partial charge in [0, 0.05) is 24.6 Å². The Morgan fingerprint density at radius 2 is 1.95 bits per heavy atom. The lowest BCUT2D eigenvalue weighted by atomic mass is 10.1. The van der Waals surface area contributed by atoms with E-state index in [0.29, 0.717) is 0 Å². The molecule has 3 heteroatoms. The SMILES string of the molecule is CCCOCCCNCc1cc(-c2ccccc2)cs1. The van der Waals surface area contributed by atoms with Crippen LogP contribution in [0.1, 0.15) is 24.6 Å². The number of hydrogen-bond acceptors (Lipinski definition) is 3. The zero-order chi connectivity index (χ0) is 14.0. The fourth-order valence-electron chi connectivity index (χ4n) is 2.01. The van der Waals surface area contributed by atoms with E-state index in [4.69, 9.17) is 4.74 Å². The highest BCUT2D eigenvalue weighted by Crippen LogP contribution is 2.25. The summed E-state index contributed by atoms with van der Waals surface area (Å²) < 4.78 is 5.46. The van der Waals surface area contributed by atoms with Crippen LogP contribution in [0.3, 0.4) is 0 Å². The summed E-state index contributed by atoms with van der Waals surface area (Å²) in [6.45, 7) is 5.85. The Labute approximate surface area is 125 Å². The van der Waals surface area contributed by atoms with Gasteiger partial charge < -0.3 is 10.1 Å². The van der Waals surface area contributed by atoms with Gasteiger partial charge >= 0.3 is 0 Å². The molecule has 0 aliphatic carbocycles. The molecule has 0 aliphatic rings. The van der Waals surface area contributed by atoms with E-state index >= 15 is 0 Å². The molecule has 0 saturated heterocycles. The normalized spacial score (nSPS) is 10.8. The molecule has 2 aromatic rings. The molecule has 0 aliphatic heterocycles. The largest absolute Gasteiger partial charge is 0.381 e. The summed E-state index contributed by atoms with van der Waals surface area (Å²) in [6.07, 6.45) is 2.18. The smallest absolute Gasteiger partial charge is 0.0478 e. The average molecular weight is 289 g/mol. The number of ether oxygens (including phenoxy) is 1. The van der Waals surface area contributed by atoms with Gasteiger partial charge in [-0.15, -0.1) is 11.3 Å². The maximum absolute atomic E-state index is 5.46. The van der Waals surface area contributed by atoms with Crippen molar-refractivity contribution in [2.24, 2.45) is 0 Å². The lowest BCUT2D eigenvalue weighted by Gasteiger charge is -2.04. The van der Waals surface area contributed by atoms with Crippen LogP contribution < -0.4 is 5.32 Å². The van der Waals surface area contributed by atoms with Gasteiger partial charge in [-0.1, -0.05) is 37.3 Å². The summed E-state index contributed by atoms with van der Waals surface area (Å²) in [5.74, 6) is 0. The minimum atomic E-state index is 0.862. The first-order chi connectivity index (χ1) is 9.90. The summed E-state index contributed by atoms with van der Waals surface area (Å²) in [5, 5.41) is 5.71. The van der Waals surface area contributed by atoms with Crippen molar-refractivity contribution in [3.8, 4) is 11.1 Å². The first kappa shape index (κ1) is 15.2. The van der Waals surface area contributed by atoms with Crippen molar-refractivity contribution in [3.63, 3.8) is 0 Å². The Morgan fingerprint density at radius 1 is 1.10 bits per heavy atom. The molecule has 1 N–H and O–H groups in total. The van der Waals surface area contributed by atoms with Crippen LogP contribution in [0.5, 0.6) is 0 Å². The van der Waals surface area contributed by atoms with Gasteiger partial charge in [-0.05, 0) is 42.0 Å². The van der Waals surface area contributed by atoms with Crippen LogP contribution in [0.4, 0.5) is 0 Å². The molecule has 2 nitrogen and oxygen atoms in total. The Balaban J connectivity index is 1.69. The van der Waals surface area contributed by atoms with Gasteiger partial charge in [0.05, 0.1) is 0 Å². The second kappa shape index (κ2) is 8.90. The molecule has 2 rings (SSSR count). The third kappa shape index (κ3) is 5.08. The van der Waals surface area contributed by atoms with Crippen LogP contribution >= 0.6 is 11.3 Å². The number of benzene rings is 1. The molecule has 1 heterocycles. The highest BCUT2D eigenvalue weighted by molar-refractivity contribution is 7.10. The van der Waals surface area contributed by atoms with Crippen LogP contribution in [0.15, 0.2) is 41.8 Å². The molecule has 0 radical (unpaired) electrons. The predicted molar refractivity (Wildman–Crippen MR) is 87.2 cm³/mol. The molecule has 1 aromatic carbocycles. The van der Waals surface area contributed by atoms with Gasteiger partial charge in [0.15, 0.2) is 0 Å². The van der Waals surface area contributed by atoms with Gasteiger partial charge in [-0.3, -0.25) is 0 Å². The van der Waals surface area contributed by atoms with Crippen LogP contribution in [0.2, 0.25) is 0 Å². The van der Waals surface area contributed by atoms with Crippen LogP contribution in [0.25, 0.3) is 11.1 Å². The van der Waals surface area contributed by atoms with E-state index in [9.17, 15) is 0 Å². The third-order valence-electron chi connectivity index (χ3n) is 3.05. The van der Waals surface area contributed by atoms with Crippen molar-refractivity contribution in [2.45, 2.75) is 26.3 Å². The van der Waals surface area contributed by atoms with E-state index in [2.05, 4.69) is 54.0 Å². The maximum Gasteiger partial charge on any atom is 0.0478 e. The van der Waals surface area contributed by atoms with Gasteiger partial charge in [0.25, 0.3) is 0 Å². The van der Waals surface area contributed by atoms with Crippen LogP contribution in [0, 0.1) is 0 Å². The summed E-state index contributed by atoms with van der Waals surface area (Å²) in [4.78, 5) is 1.39. The lowest BCUT2D eigenvalue weighted by Crippen LogP contribution is -2.15.